The molecule has 0 aliphatic rings. The smallest absolute Gasteiger partial charge is 0.235 e. The lowest BCUT2D eigenvalue weighted by Gasteiger charge is -2.18. The van der Waals surface area contributed by atoms with E-state index in [1.165, 1.54) is 11.3 Å². The van der Waals surface area contributed by atoms with Gasteiger partial charge < -0.3 is 5.73 Å². The lowest BCUT2D eigenvalue weighted by Crippen LogP contribution is -2.31. The predicted molar refractivity (Wildman–Crippen MR) is 75.9 cm³/mol. The monoisotopic (exact) mass is 273 g/mol. The molecule has 1 unspecified atom stereocenters. The van der Waals surface area contributed by atoms with Gasteiger partial charge in [0, 0.05) is 5.56 Å². The zero-order valence-electron chi connectivity index (χ0n) is 10.9. The van der Waals surface area contributed by atoms with E-state index in [9.17, 15) is 0 Å². The van der Waals surface area contributed by atoms with E-state index in [4.69, 9.17) is 5.73 Å². The topological polar surface area (TPSA) is 69.1 Å². The van der Waals surface area contributed by atoms with Crippen LogP contribution in [-0.4, -0.2) is 19.8 Å². The van der Waals surface area contributed by atoms with Crippen molar-refractivity contribution in [2.24, 2.45) is 5.73 Å². The molecule has 1 atom stereocenters. The second-order valence-electron chi connectivity index (χ2n) is 4.76. The summed E-state index contributed by atoms with van der Waals surface area (Å²) in [7, 11) is 0. The van der Waals surface area contributed by atoms with Gasteiger partial charge in [-0.15, -0.1) is 10.2 Å². The Kier molecular flexibility index (Phi) is 2.83. The highest BCUT2D eigenvalue weighted by Crippen LogP contribution is 2.28. The first-order valence-corrected chi connectivity index (χ1v) is 7.00. The zero-order valence-corrected chi connectivity index (χ0v) is 11.7. The third-order valence-electron chi connectivity index (χ3n) is 3.25. The second-order valence-corrected chi connectivity index (χ2v) is 5.72. The number of rotatable bonds is 3. The van der Waals surface area contributed by atoms with Crippen LogP contribution >= 0.6 is 11.3 Å². The maximum atomic E-state index is 6.24. The van der Waals surface area contributed by atoms with Gasteiger partial charge in [0.05, 0.1) is 5.54 Å². The second kappa shape index (κ2) is 4.40. The molecule has 3 rings (SSSR count). The molecule has 0 amide bonds. The van der Waals surface area contributed by atoms with Crippen molar-refractivity contribution in [1.29, 1.82) is 0 Å². The van der Waals surface area contributed by atoms with E-state index in [1.54, 1.807) is 4.52 Å². The van der Waals surface area contributed by atoms with Gasteiger partial charge in [0.2, 0.25) is 4.96 Å². The fraction of sp³-hybridized carbons (Fsp3) is 0.308. The Balaban J connectivity index is 2.14. The summed E-state index contributed by atoms with van der Waals surface area (Å²) in [5.74, 6) is 0.755. The molecule has 0 bridgehead atoms. The standard InChI is InChI=1S/C13H15N5S/c1-3-13(2,14)11-17-18-10(15-16-12(18)19-11)9-7-5-4-6-8-9/h4-8H,3,14H2,1-2H3. The van der Waals surface area contributed by atoms with Crippen LogP contribution in [0.2, 0.25) is 0 Å². The van der Waals surface area contributed by atoms with Crippen molar-refractivity contribution in [3.05, 3.63) is 35.3 Å². The summed E-state index contributed by atoms with van der Waals surface area (Å²) in [6.07, 6.45) is 0.831. The van der Waals surface area contributed by atoms with E-state index >= 15 is 0 Å². The van der Waals surface area contributed by atoms with Crippen molar-refractivity contribution in [2.75, 3.05) is 0 Å². The lowest BCUT2D eigenvalue weighted by molar-refractivity contribution is 0.467. The van der Waals surface area contributed by atoms with E-state index in [1.807, 2.05) is 37.3 Å². The molecule has 98 valence electrons. The molecule has 1 aromatic carbocycles. The number of hydrogen-bond acceptors (Lipinski definition) is 5. The lowest BCUT2D eigenvalue weighted by atomic mass is 10.0. The molecule has 5 nitrogen and oxygen atoms in total. The van der Waals surface area contributed by atoms with Crippen molar-refractivity contribution in [3.63, 3.8) is 0 Å². The molecule has 2 N–H and O–H groups in total. The van der Waals surface area contributed by atoms with Gasteiger partial charge in [-0.05, 0) is 13.3 Å². The first kappa shape index (κ1) is 12.3. The van der Waals surface area contributed by atoms with Crippen LogP contribution in [-0.2, 0) is 5.54 Å². The van der Waals surface area contributed by atoms with Gasteiger partial charge in [-0.2, -0.15) is 9.61 Å². The summed E-state index contributed by atoms with van der Waals surface area (Å²) >= 11 is 1.50. The Labute approximate surface area is 115 Å². The summed E-state index contributed by atoms with van der Waals surface area (Å²) in [6.45, 7) is 4.04. The van der Waals surface area contributed by atoms with Crippen LogP contribution in [0, 0.1) is 0 Å². The highest BCUT2D eigenvalue weighted by Gasteiger charge is 2.25. The fourth-order valence-corrected chi connectivity index (χ4v) is 2.73. The molecule has 0 spiro atoms. The number of nitrogens with two attached hydrogens (primary N) is 1. The summed E-state index contributed by atoms with van der Waals surface area (Å²) in [6, 6.07) is 9.92. The van der Waals surface area contributed by atoms with Gasteiger partial charge in [0.15, 0.2) is 5.82 Å². The average Bonchev–Trinajstić information content (AvgIpc) is 2.99. The van der Waals surface area contributed by atoms with Gasteiger partial charge >= 0.3 is 0 Å². The number of hydrogen-bond donors (Lipinski definition) is 1. The largest absolute Gasteiger partial charge is 0.320 e. The van der Waals surface area contributed by atoms with Crippen LogP contribution in [0.1, 0.15) is 25.3 Å². The highest BCUT2D eigenvalue weighted by molar-refractivity contribution is 7.16. The van der Waals surface area contributed by atoms with Crippen LogP contribution in [0.4, 0.5) is 0 Å². The first-order chi connectivity index (χ1) is 9.12. The number of aromatic nitrogens is 4. The Morgan fingerprint density at radius 2 is 2.00 bits per heavy atom. The van der Waals surface area contributed by atoms with Crippen molar-refractivity contribution in [3.8, 4) is 11.4 Å². The summed E-state index contributed by atoms with van der Waals surface area (Å²) < 4.78 is 1.77. The molecule has 3 aromatic rings. The van der Waals surface area contributed by atoms with E-state index in [0.717, 1.165) is 27.8 Å². The molecule has 0 saturated heterocycles. The minimum atomic E-state index is -0.417. The Bertz CT molecular complexity index is 698. The van der Waals surface area contributed by atoms with E-state index in [2.05, 4.69) is 22.2 Å². The molecule has 0 fully saturated rings. The molecule has 19 heavy (non-hydrogen) atoms. The van der Waals surface area contributed by atoms with Crippen molar-refractivity contribution >= 4 is 16.3 Å². The van der Waals surface area contributed by atoms with Crippen LogP contribution in [0.3, 0.4) is 0 Å². The van der Waals surface area contributed by atoms with Gasteiger partial charge in [-0.1, -0.05) is 48.6 Å². The van der Waals surface area contributed by atoms with Gasteiger partial charge in [0.1, 0.15) is 5.01 Å². The Hall–Kier alpha value is -1.79. The molecule has 2 heterocycles. The number of benzene rings is 1. The van der Waals surface area contributed by atoms with Crippen molar-refractivity contribution < 1.29 is 0 Å². The average molecular weight is 273 g/mol. The van der Waals surface area contributed by atoms with E-state index < -0.39 is 5.54 Å². The minimum Gasteiger partial charge on any atom is -0.320 e. The Morgan fingerprint density at radius 3 is 2.68 bits per heavy atom. The van der Waals surface area contributed by atoms with Crippen molar-refractivity contribution in [2.45, 2.75) is 25.8 Å². The Morgan fingerprint density at radius 1 is 1.26 bits per heavy atom. The molecule has 2 aromatic heterocycles. The maximum absolute atomic E-state index is 6.24. The van der Waals surface area contributed by atoms with Gasteiger partial charge in [-0.3, -0.25) is 0 Å². The molecule has 0 aliphatic heterocycles. The fourth-order valence-electron chi connectivity index (χ4n) is 1.77. The van der Waals surface area contributed by atoms with Crippen molar-refractivity contribution in [1.82, 2.24) is 19.8 Å². The maximum Gasteiger partial charge on any atom is 0.235 e. The SMILES string of the molecule is CCC(C)(N)c1nn2c(-c3ccccc3)nnc2s1. The molecule has 0 saturated carbocycles. The summed E-state index contributed by atoms with van der Waals surface area (Å²) in [5, 5.41) is 13.8. The highest BCUT2D eigenvalue weighted by atomic mass is 32.1. The third-order valence-corrected chi connectivity index (χ3v) is 4.42. The molecular weight excluding hydrogens is 258 g/mol. The number of fused-ring (bicyclic) bond motifs is 1. The van der Waals surface area contributed by atoms with E-state index in [0.29, 0.717) is 0 Å². The molecule has 6 heteroatoms. The quantitative estimate of drug-likeness (QED) is 0.795. The van der Waals surface area contributed by atoms with Crippen LogP contribution < -0.4 is 5.73 Å². The van der Waals surface area contributed by atoms with Crippen LogP contribution in [0.15, 0.2) is 30.3 Å². The predicted octanol–water partition coefficient (Wildman–Crippen LogP) is 2.44. The van der Waals surface area contributed by atoms with Gasteiger partial charge in [-0.25, -0.2) is 0 Å². The van der Waals surface area contributed by atoms with Crippen LogP contribution in [0.25, 0.3) is 16.3 Å². The molecule has 0 radical (unpaired) electrons. The van der Waals surface area contributed by atoms with Crippen LogP contribution in [0.5, 0.6) is 0 Å². The minimum absolute atomic E-state index is 0.417. The third kappa shape index (κ3) is 2.02. The molecule has 0 aliphatic carbocycles. The van der Waals surface area contributed by atoms with Gasteiger partial charge in [0.25, 0.3) is 0 Å². The molecular formula is C13H15N5S. The summed E-state index contributed by atoms with van der Waals surface area (Å²) in [4.78, 5) is 0.777. The summed E-state index contributed by atoms with van der Waals surface area (Å²) in [5.41, 5.74) is 6.82. The first-order valence-electron chi connectivity index (χ1n) is 6.19. The van der Waals surface area contributed by atoms with E-state index in [-0.39, 0.29) is 0 Å². The normalized spacial score (nSPS) is 14.7. The number of nitrogens with zero attached hydrogens (tertiary/aromatic N) is 4. The zero-order chi connectivity index (χ0) is 13.5.